The minimum atomic E-state index is -3.63. The predicted octanol–water partition coefficient (Wildman–Crippen LogP) is 2.00. The smallest absolute Gasteiger partial charge is 0.226 e. The fraction of sp³-hybridized carbons (Fsp3) is 0.562. The molecule has 1 aromatic carbocycles. The lowest BCUT2D eigenvalue weighted by Crippen LogP contribution is -2.50. The minimum absolute atomic E-state index is 0. The SMILES string of the molecule is CC(CS(=O)(=O)c1ccc(F)cc1)C(=O)N1CCCCC1CN.Cl. The zero-order valence-corrected chi connectivity index (χ0v) is 15.3. The molecule has 1 fully saturated rings. The number of rotatable bonds is 5. The van der Waals surface area contributed by atoms with Gasteiger partial charge in [0.1, 0.15) is 5.82 Å². The number of nitrogens with two attached hydrogens (primary N) is 1. The summed E-state index contributed by atoms with van der Waals surface area (Å²) in [6.07, 6.45) is 2.81. The third kappa shape index (κ3) is 4.91. The van der Waals surface area contributed by atoms with E-state index in [1.165, 1.54) is 12.1 Å². The van der Waals surface area contributed by atoms with Crippen molar-refractivity contribution in [1.82, 2.24) is 4.90 Å². The maximum absolute atomic E-state index is 12.9. The van der Waals surface area contributed by atoms with Crippen LogP contribution in [0.5, 0.6) is 0 Å². The van der Waals surface area contributed by atoms with Crippen LogP contribution in [0.2, 0.25) is 0 Å². The highest BCUT2D eigenvalue weighted by molar-refractivity contribution is 7.91. The number of halogens is 2. The first-order valence-corrected chi connectivity index (χ1v) is 9.49. The third-order valence-electron chi connectivity index (χ3n) is 4.25. The fourth-order valence-electron chi connectivity index (χ4n) is 2.96. The number of nitrogens with zero attached hydrogens (tertiary/aromatic N) is 1. The van der Waals surface area contributed by atoms with E-state index in [2.05, 4.69) is 0 Å². The van der Waals surface area contributed by atoms with Crippen molar-refractivity contribution in [2.75, 3.05) is 18.8 Å². The van der Waals surface area contributed by atoms with Crippen molar-refractivity contribution in [2.24, 2.45) is 11.7 Å². The van der Waals surface area contributed by atoms with Crippen molar-refractivity contribution in [1.29, 1.82) is 0 Å². The molecule has 0 saturated carbocycles. The van der Waals surface area contributed by atoms with Gasteiger partial charge in [-0.3, -0.25) is 4.79 Å². The van der Waals surface area contributed by atoms with Gasteiger partial charge in [0, 0.05) is 25.0 Å². The molecule has 1 saturated heterocycles. The summed E-state index contributed by atoms with van der Waals surface area (Å²) in [7, 11) is -3.63. The Labute approximate surface area is 148 Å². The number of carbonyl (C=O) groups is 1. The molecule has 5 nitrogen and oxygen atoms in total. The molecule has 2 rings (SSSR count). The van der Waals surface area contributed by atoms with Gasteiger partial charge in [-0.25, -0.2) is 12.8 Å². The second-order valence-electron chi connectivity index (χ2n) is 6.05. The van der Waals surface area contributed by atoms with E-state index in [1.807, 2.05) is 0 Å². The summed E-state index contributed by atoms with van der Waals surface area (Å²) in [6, 6.07) is 4.66. The van der Waals surface area contributed by atoms with Crippen molar-refractivity contribution in [2.45, 2.75) is 37.1 Å². The van der Waals surface area contributed by atoms with E-state index in [1.54, 1.807) is 11.8 Å². The number of amides is 1. The molecule has 136 valence electrons. The molecule has 8 heteroatoms. The van der Waals surface area contributed by atoms with Crippen LogP contribution in [0.4, 0.5) is 4.39 Å². The first kappa shape index (κ1) is 20.9. The summed E-state index contributed by atoms with van der Waals surface area (Å²) < 4.78 is 37.7. The van der Waals surface area contributed by atoms with Crippen molar-refractivity contribution in [3.63, 3.8) is 0 Å². The summed E-state index contributed by atoms with van der Waals surface area (Å²) in [5.74, 6) is -1.61. The van der Waals surface area contributed by atoms with Gasteiger partial charge in [0.25, 0.3) is 0 Å². The van der Waals surface area contributed by atoms with Gasteiger partial charge in [0.05, 0.1) is 10.6 Å². The summed E-state index contributed by atoms with van der Waals surface area (Å²) >= 11 is 0. The molecule has 1 amide bonds. The lowest BCUT2D eigenvalue weighted by molar-refractivity contribution is -0.137. The Morgan fingerprint density at radius 3 is 2.54 bits per heavy atom. The van der Waals surface area contributed by atoms with E-state index in [0.29, 0.717) is 13.1 Å². The van der Waals surface area contributed by atoms with E-state index < -0.39 is 21.6 Å². The standard InChI is InChI=1S/C16H23FN2O3S.ClH/c1-12(16(20)19-9-3-2-4-14(19)10-18)11-23(21,22)15-7-5-13(17)6-8-15;/h5-8,12,14H,2-4,9-11,18H2,1H3;1H. The number of sulfone groups is 1. The molecule has 0 aromatic heterocycles. The van der Waals surface area contributed by atoms with E-state index in [0.717, 1.165) is 31.4 Å². The molecule has 0 aliphatic carbocycles. The Morgan fingerprint density at radius 2 is 1.96 bits per heavy atom. The summed E-state index contributed by atoms with van der Waals surface area (Å²) in [5, 5.41) is 0. The highest BCUT2D eigenvalue weighted by Gasteiger charge is 2.31. The largest absolute Gasteiger partial charge is 0.338 e. The van der Waals surface area contributed by atoms with Gasteiger partial charge in [-0.15, -0.1) is 12.4 Å². The topological polar surface area (TPSA) is 80.5 Å². The molecule has 1 aliphatic heterocycles. The number of hydrogen-bond donors (Lipinski definition) is 1. The highest BCUT2D eigenvalue weighted by atomic mass is 35.5. The van der Waals surface area contributed by atoms with Gasteiger partial charge < -0.3 is 10.6 Å². The van der Waals surface area contributed by atoms with Gasteiger partial charge in [0.2, 0.25) is 5.91 Å². The maximum Gasteiger partial charge on any atom is 0.226 e. The molecule has 0 radical (unpaired) electrons. The summed E-state index contributed by atoms with van der Waals surface area (Å²) in [4.78, 5) is 14.3. The molecule has 1 aliphatic rings. The predicted molar refractivity (Wildman–Crippen MR) is 93.3 cm³/mol. The lowest BCUT2D eigenvalue weighted by atomic mass is 10.0. The first-order chi connectivity index (χ1) is 10.8. The summed E-state index contributed by atoms with van der Waals surface area (Å²) in [5.41, 5.74) is 5.72. The minimum Gasteiger partial charge on any atom is -0.338 e. The number of benzene rings is 1. The van der Waals surface area contributed by atoms with Crippen molar-refractivity contribution in [3.8, 4) is 0 Å². The molecular formula is C16H24ClFN2O3S. The highest BCUT2D eigenvalue weighted by Crippen LogP contribution is 2.21. The molecular weight excluding hydrogens is 355 g/mol. The Hall–Kier alpha value is -1.18. The van der Waals surface area contributed by atoms with Crippen LogP contribution in [0.15, 0.2) is 29.2 Å². The van der Waals surface area contributed by atoms with Crippen LogP contribution in [0.25, 0.3) is 0 Å². The Balaban J connectivity index is 0.00000288. The van der Waals surface area contributed by atoms with Crippen LogP contribution in [-0.2, 0) is 14.6 Å². The van der Waals surface area contributed by atoms with Crippen molar-refractivity contribution in [3.05, 3.63) is 30.1 Å². The van der Waals surface area contributed by atoms with E-state index in [4.69, 9.17) is 5.73 Å². The van der Waals surface area contributed by atoms with E-state index in [9.17, 15) is 17.6 Å². The number of hydrogen-bond acceptors (Lipinski definition) is 4. The average molecular weight is 379 g/mol. The van der Waals surface area contributed by atoms with Crippen LogP contribution >= 0.6 is 12.4 Å². The number of piperidine rings is 1. The monoisotopic (exact) mass is 378 g/mol. The summed E-state index contributed by atoms with van der Waals surface area (Å²) in [6.45, 7) is 2.64. The fourth-order valence-corrected chi connectivity index (χ4v) is 4.50. The number of likely N-dealkylation sites (tertiary alicyclic amines) is 1. The molecule has 1 heterocycles. The first-order valence-electron chi connectivity index (χ1n) is 7.84. The zero-order valence-electron chi connectivity index (χ0n) is 13.7. The Morgan fingerprint density at radius 1 is 1.33 bits per heavy atom. The molecule has 0 bridgehead atoms. The van der Waals surface area contributed by atoms with Crippen LogP contribution in [-0.4, -0.2) is 44.1 Å². The molecule has 2 unspecified atom stereocenters. The van der Waals surface area contributed by atoms with Crippen LogP contribution in [0, 0.1) is 11.7 Å². The molecule has 0 spiro atoms. The molecule has 2 atom stereocenters. The van der Waals surface area contributed by atoms with E-state index in [-0.39, 0.29) is 35.0 Å². The Bertz CT molecular complexity index is 652. The second-order valence-corrected chi connectivity index (χ2v) is 8.09. The normalized spacial score (nSPS) is 19.5. The van der Waals surface area contributed by atoms with Gasteiger partial charge >= 0.3 is 0 Å². The van der Waals surface area contributed by atoms with Crippen LogP contribution < -0.4 is 5.73 Å². The van der Waals surface area contributed by atoms with Crippen LogP contribution in [0.3, 0.4) is 0 Å². The molecule has 1 aromatic rings. The van der Waals surface area contributed by atoms with Gasteiger partial charge in [-0.05, 0) is 43.5 Å². The second kappa shape index (κ2) is 8.78. The number of carbonyl (C=O) groups excluding carboxylic acids is 1. The molecule has 24 heavy (non-hydrogen) atoms. The molecule has 2 N–H and O–H groups in total. The maximum atomic E-state index is 12.9. The quantitative estimate of drug-likeness (QED) is 0.794. The van der Waals surface area contributed by atoms with Gasteiger partial charge in [-0.2, -0.15) is 0 Å². The lowest BCUT2D eigenvalue weighted by Gasteiger charge is -2.36. The van der Waals surface area contributed by atoms with Gasteiger partial charge in [0.15, 0.2) is 9.84 Å². The van der Waals surface area contributed by atoms with Crippen molar-refractivity contribution < 1.29 is 17.6 Å². The van der Waals surface area contributed by atoms with Gasteiger partial charge in [-0.1, -0.05) is 6.92 Å². The third-order valence-corrected chi connectivity index (χ3v) is 6.18. The Kier molecular flexibility index (Phi) is 7.63. The average Bonchev–Trinajstić information content (AvgIpc) is 2.54. The van der Waals surface area contributed by atoms with E-state index >= 15 is 0 Å². The van der Waals surface area contributed by atoms with Crippen LogP contribution in [0.1, 0.15) is 26.2 Å². The van der Waals surface area contributed by atoms with Crippen molar-refractivity contribution >= 4 is 28.2 Å². The zero-order chi connectivity index (χ0) is 17.0.